The Kier molecular flexibility index (Phi) is 3.46. The van der Waals surface area contributed by atoms with Crippen molar-refractivity contribution >= 4 is 11.3 Å². The minimum Gasteiger partial charge on any atom is -0.496 e. The highest BCUT2D eigenvalue weighted by atomic mass is 32.1. The molecule has 18 heavy (non-hydrogen) atoms. The van der Waals surface area contributed by atoms with Crippen molar-refractivity contribution in [2.24, 2.45) is 0 Å². The Morgan fingerprint density at radius 1 is 1.17 bits per heavy atom. The van der Waals surface area contributed by atoms with Crippen LogP contribution < -0.4 is 4.74 Å². The van der Waals surface area contributed by atoms with Crippen LogP contribution in [0.1, 0.15) is 27.8 Å². The summed E-state index contributed by atoms with van der Waals surface area (Å²) in [5.74, 6) is 0.719. The average molecular weight is 262 g/mol. The molecule has 0 radical (unpaired) electrons. The van der Waals surface area contributed by atoms with Gasteiger partial charge in [0.05, 0.1) is 7.11 Å². The second-order valence-corrected chi connectivity index (χ2v) is 5.97. The lowest BCUT2D eigenvalue weighted by Crippen LogP contribution is -2.22. The molecule has 0 saturated heterocycles. The zero-order valence-corrected chi connectivity index (χ0v) is 12.0. The molecule has 0 fully saturated rings. The summed E-state index contributed by atoms with van der Waals surface area (Å²) in [6.45, 7) is 5.87. The smallest absolute Gasteiger partial charge is 0.125 e. The Hall–Kier alpha value is -1.32. The Bertz CT molecular complexity index is 555. The van der Waals surface area contributed by atoms with Gasteiger partial charge in [-0.05, 0) is 45.0 Å². The predicted molar refractivity (Wildman–Crippen MR) is 75.5 cm³/mol. The van der Waals surface area contributed by atoms with Crippen molar-refractivity contribution in [2.45, 2.75) is 26.4 Å². The lowest BCUT2D eigenvalue weighted by molar-refractivity contribution is 0.103. The molecule has 2 rings (SSSR count). The number of hydrogen-bond acceptors (Lipinski definition) is 3. The Morgan fingerprint density at radius 3 is 2.44 bits per heavy atom. The van der Waals surface area contributed by atoms with Crippen LogP contribution in [-0.2, 0) is 5.60 Å². The molecule has 96 valence electrons. The van der Waals surface area contributed by atoms with E-state index in [0.717, 1.165) is 21.8 Å². The number of hydrogen-bond donors (Lipinski definition) is 1. The number of aryl methyl sites for hydroxylation is 2. The number of benzene rings is 1. The van der Waals surface area contributed by atoms with Crippen LogP contribution in [-0.4, -0.2) is 12.2 Å². The van der Waals surface area contributed by atoms with Gasteiger partial charge in [-0.25, -0.2) is 0 Å². The molecule has 1 N–H and O–H groups in total. The van der Waals surface area contributed by atoms with E-state index in [-0.39, 0.29) is 0 Å². The van der Waals surface area contributed by atoms with Crippen molar-refractivity contribution in [3.05, 3.63) is 51.2 Å². The fraction of sp³-hybridized carbons (Fsp3) is 0.333. The average Bonchev–Trinajstić information content (AvgIpc) is 2.76. The molecule has 0 spiro atoms. The summed E-state index contributed by atoms with van der Waals surface area (Å²) in [7, 11) is 1.63. The highest BCUT2D eigenvalue weighted by Crippen LogP contribution is 2.38. The Labute approximate surface area is 112 Å². The van der Waals surface area contributed by atoms with Gasteiger partial charge in [-0.1, -0.05) is 11.6 Å². The second kappa shape index (κ2) is 4.75. The maximum absolute atomic E-state index is 10.8. The molecule has 1 aromatic heterocycles. The van der Waals surface area contributed by atoms with Gasteiger partial charge in [-0.15, -0.1) is 11.3 Å². The number of thiophene rings is 1. The first kappa shape index (κ1) is 13.1. The lowest BCUT2D eigenvalue weighted by Gasteiger charge is -2.25. The van der Waals surface area contributed by atoms with E-state index in [1.54, 1.807) is 18.4 Å². The van der Waals surface area contributed by atoms with Gasteiger partial charge < -0.3 is 9.84 Å². The number of rotatable bonds is 3. The highest BCUT2D eigenvalue weighted by Gasteiger charge is 2.30. The van der Waals surface area contributed by atoms with Gasteiger partial charge in [-0.2, -0.15) is 0 Å². The lowest BCUT2D eigenvalue weighted by atomic mass is 9.92. The number of methoxy groups -OCH3 is 1. The molecule has 0 aliphatic rings. The summed E-state index contributed by atoms with van der Waals surface area (Å²) in [4.78, 5) is 2.13. The van der Waals surface area contributed by atoms with E-state index in [1.807, 2.05) is 51.1 Å². The topological polar surface area (TPSA) is 29.5 Å². The van der Waals surface area contributed by atoms with Crippen molar-refractivity contribution < 1.29 is 9.84 Å². The highest BCUT2D eigenvalue weighted by molar-refractivity contribution is 7.12. The van der Waals surface area contributed by atoms with E-state index in [0.29, 0.717) is 0 Å². The van der Waals surface area contributed by atoms with E-state index in [2.05, 4.69) is 0 Å². The summed E-state index contributed by atoms with van der Waals surface area (Å²) in [6, 6.07) is 9.87. The standard InChI is InChI=1S/C15H18O2S/c1-10-5-7-13(17-4)12(9-10)15(3,16)14-8-6-11(2)18-14/h5-9,16H,1-4H3. The summed E-state index contributed by atoms with van der Waals surface area (Å²) in [6.07, 6.45) is 0. The van der Waals surface area contributed by atoms with Gasteiger partial charge in [-0.3, -0.25) is 0 Å². The van der Waals surface area contributed by atoms with E-state index in [4.69, 9.17) is 4.74 Å². The normalized spacial score (nSPS) is 14.3. The molecular weight excluding hydrogens is 244 g/mol. The van der Waals surface area contributed by atoms with Gasteiger partial charge in [0.15, 0.2) is 0 Å². The minimum atomic E-state index is -1.02. The van der Waals surface area contributed by atoms with E-state index < -0.39 is 5.60 Å². The van der Waals surface area contributed by atoms with Crippen molar-refractivity contribution in [1.82, 2.24) is 0 Å². The third-order valence-corrected chi connectivity index (χ3v) is 4.31. The van der Waals surface area contributed by atoms with Crippen LogP contribution >= 0.6 is 11.3 Å². The SMILES string of the molecule is COc1ccc(C)cc1C(C)(O)c1ccc(C)s1. The number of aliphatic hydroxyl groups is 1. The van der Waals surface area contributed by atoms with Gasteiger partial charge in [0.2, 0.25) is 0 Å². The first-order chi connectivity index (χ1) is 8.45. The summed E-state index contributed by atoms with van der Waals surface area (Å²) in [5.41, 5.74) is 0.905. The van der Waals surface area contributed by atoms with Crippen molar-refractivity contribution in [1.29, 1.82) is 0 Å². The summed E-state index contributed by atoms with van der Waals surface area (Å²) in [5, 5.41) is 10.8. The number of ether oxygens (including phenoxy) is 1. The largest absolute Gasteiger partial charge is 0.496 e. The van der Waals surface area contributed by atoms with Crippen LogP contribution in [0, 0.1) is 13.8 Å². The van der Waals surface area contributed by atoms with Crippen molar-refractivity contribution in [2.75, 3.05) is 7.11 Å². The molecule has 0 amide bonds. The fourth-order valence-corrected chi connectivity index (χ4v) is 2.96. The van der Waals surface area contributed by atoms with Gasteiger partial charge in [0, 0.05) is 15.3 Å². The monoisotopic (exact) mass is 262 g/mol. The van der Waals surface area contributed by atoms with Crippen LogP contribution in [0.3, 0.4) is 0 Å². The zero-order valence-electron chi connectivity index (χ0n) is 11.2. The molecule has 1 heterocycles. The maximum Gasteiger partial charge on any atom is 0.125 e. The molecule has 0 aliphatic heterocycles. The molecule has 1 unspecified atom stereocenters. The molecule has 1 atom stereocenters. The minimum absolute atomic E-state index is 0.719. The fourth-order valence-electron chi connectivity index (χ4n) is 2.03. The third kappa shape index (κ3) is 2.28. The third-order valence-electron chi connectivity index (χ3n) is 3.10. The molecule has 0 bridgehead atoms. The molecule has 3 heteroatoms. The van der Waals surface area contributed by atoms with Gasteiger partial charge >= 0.3 is 0 Å². The van der Waals surface area contributed by atoms with Gasteiger partial charge in [0.25, 0.3) is 0 Å². The molecule has 1 aromatic carbocycles. The molecule has 2 aromatic rings. The predicted octanol–water partition coefficient (Wildman–Crippen LogP) is 3.63. The second-order valence-electron chi connectivity index (χ2n) is 4.69. The van der Waals surface area contributed by atoms with E-state index >= 15 is 0 Å². The Morgan fingerprint density at radius 2 is 1.89 bits per heavy atom. The van der Waals surface area contributed by atoms with Crippen LogP contribution in [0.15, 0.2) is 30.3 Å². The van der Waals surface area contributed by atoms with Crippen LogP contribution in [0.4, 0.5) is 0 Å². The first-order valence-corrected chi connectivity index (χ1v) is 6.71. The summed E-state index contributed by atoms with van der Waals surface area (Å²) < 4.78 is 5.36. The van der Waals surface area contributed by atoms with Crippen LogP contribution in [0.2, 0.25) is 0 Å². The van der Waals surface area contributed by atoms with E-state index in [9.17, 15) is 5.11 Å². The van der Waals surface area contributed by atoms with Gasteiger partial charge in [0.1, 0.15) is 11.4 Å². The quantitative estimate of drug-likeness (QED) is 0.915. The maximum atomic E-state index is 10.8. The van der Waals surface area contributed by atoms with Crippen LogP contribution in [0.25, 0.3) is 0 Å². The molecule has 0 saturated carbocycles. The van der Waals surface area contributed by atoms with E-state index in [1.165, 1.54) is 4.88 Å². The Balaban J connectivity index is 2.55. The summed E-state index contributed by atoms with van der Waals surface area (Å²) >= 11 is 1.61. The van der Waals surface area contributed by atoms with Crippen LogP contribution in [0.5, 0.6) is 5.75 Å². The molecule has 0 aliphatic carbocycles. The zero-order chi connectivity index (χ0) is 13.3. The molecule has 2 nitrogen and oxygen atoms in total. The van der Waals surface area contributed by atoms with Crippen molar-refractivity contribution in [3.8, 4) is 5.75 Å². The van der Waals surface area contributed by atoms with Crippen molar-refractivity contribution in [3.63, 3.8) is 0 Å². The molecular formula is C15H18O2S. The first-order valence-electron chi connectivity index (χ1n) is 5.89.